The fourth-order valence-electron chi connectivity index (χ4n) is 4.86. The van der Waals surface area contributed by atoms with E-state index < -0.39 is 11.6 Å². The van der Waals surface area contributed by atoms with Crippen molar-refractivity contribution in [3.63, 3.8) is 0 Å². The number of carbonyl (C=O) groups excluding carboxylic acids is 2. The zero-order chi connectivity index (χ0) is 27.4. The Balaban J connectivity index is 1.39. The van der Waals surface area contributed by atoms with E-state index >= 15 is 0 Å². The predicted molar refractivity (Wildman–Crippen MR) is 147 cm³/mol. The van der Waals surface area contributed by atoms with Gasteiger partial charge in [0.2, 0.25) is 17.6 Å². The van der Waals surface area contributed by atoms with Crippen LogP contribution in [-0.4, -0.2) is 55.7 Å². The molecule has 0 saturated heterocycles. The van der Waals surface area contributed by atoms with Gasteiger partial charge in [-0.3, -0.25) is 9.59 Å². The maximum absolute atomic E-state index is 13.8. The van der Waals surface area contributed by atoms with Gasteiger partial charge in [0.15, 0.2) is 0 Å². The van der Waals surface area contributed by atoms with Crippen molar-refractivity contribution >= 4 is 17.5 Å². The molecular formula is C29H31N7O3. The van der Waals surface area contributed by atoms with Crippen molar-refractivity contribution < 1.29 is 14.7 Å². The number of aliphatic hydroxyl groups excluding tert-OH is 1. The van der Waals surface area contributed by atoms with Gasteiger partial charge in [-0.1, -0.05) is 66.7 Å². The highest BCUT2D eigenvalue weighted by Gasteiger charge is 2.32. The molecule has 0 fully saturated rings. The summed E-state index contributed by atoms with van der Waals surface area (Å²) >= 11 is 0. The molecule has 200 valence electrons. The number of anilines is 1. The fourth-order valence-corrected chi connectivity index (χ4v) is 4.86. The van der Waals surface area contributed by atoms with Crippen molar-refractivity contribution in [2.45, 2.75) is 44.3 Å². The molecule has 0 bridgehead atoms. The van der Waals surface area contributed by atoms with E-state index in [1.54, 1.807) is 11.8 Å². The number of rotatable bonds is 8. The lowest BCUT2D eigenvalue weighted by molar-refractivity contribution is -0.128. The Morgan fingerprint density at radius 2 is 1.82 bits per heavy atom. The Morgan fingerprint density at radius 1 is 1.10 bits per heavy atom. The summed E-state index contributed by atoms with van der Waals surface area (Å²) in [6.07, 6.45) is 1.05. The maximum Gasteiger partial charge on any atom is 0.249 e. The van der Waals surface area contributed by atoms with Gasteiger partial charge in [-0.2, -0.15) is 5.21 Å². The van der Waals surface area contributed by atoms with Crippen LogP contribution in [0.4, 0.5) is 5.69 Å². The molecule has 1 aliphatic heterocycles. The maximum atomic E-state index is 13.8. The summed E-state index contributed by atoms with van der Waals surface area (Å²) in [6.45, 7) is 1.63. The van der Waals surface area contributed by atoms with Crippen LogP contribution in [0, 0.1) is 0 Å². The van der Waals surface area contributed by atoms with Crippen molar-refractivity contribution in [2.75, 3.05) is 11.5 Å². The van der Waals surface area contributed by atoms with Gasteiger partial charge in [0.25, 0.3) is 0 Å². The van der Waals surface area contributed by atoms with Crippen LogP contribution in [0.1, 0.15) is 30.9 Å². The number of hydrogen-bond donors (Lipinski definition) is 4. The molecule has 39 heavy (non-hydrogen) atoms. The molecule has 0 radical (unpaired) electrons. The Bertz CT molecular complexity index is 1450. The van der Waals surface area contributed by atoms with Crippen LogP contribution in [0.15, 0.2) is 72.8 Å². The standard InChI is InChI=1S/C29H31N7O3/c1-29(30,18-37)16-26(38)31-24-15-14-21-6-2-5-9-25(21)36(28(24)39)17-19-10-12-20(13-11-19)22-7-3-4-8-23(22)27-32-34-35-33-27/h2-13,24,37H,14-18,30H2,1H3,(H,31,38)(H,32,33,34,35)/t24-,29?/m1/s1. The third-order valence-electron chi connectivity index (χ3n) is 6.93. The summed E-state index contributed by atoms with van der Waals surface area (Å²) < 4.78 is 0. The average Bonchev–Trinajstić information content (AvgIpc) is 3.45. The van der Waals surface area contributed by atoms with E-state index in [1.807, 2.05) is 72.8 Å². The Morgan fingerprint density at radius 3 is 2.54 bits per heavy atom. The molecule has 4 aromatic rings. The number of aromatic nitrogens is 4. The van der Waals surface area contributed by atoms with Crippen molar-refractivity contribution in [3.05, 3.63) is 83.9 Å². The molecule has 0 spiro atoms. The number of nitrogens with one attached hydrogen (secondary N) is 2. The first kappa shape index (κ1) is 26.2. The molecule has 0 aliphatic carbocycles. The van der Waals surface area contributed by atoms with Crippen LogP contribution in [0.25, 0.3) is 22.5 Å². The number of aromatic amines is 1. The van der Waals surface area contributed by atoms with Crippen LogP contribution in [0.3, 0.4) is 0 Å². The fraction of sp³-hybridized carbons (Fsp3) is 0.276. The molecule has 10 nitrogen and oxygen atoms in total. The first-order valence-corrected chi connectivity index (χ1v) is 12.9. The summed E-state index contributed by atoms with van der Waals surface area (Å²) in [5.74, 6) is -0.0195. The van der Waals surface area contributed by atoms with E-state index in [9.17, 15) is 14.7 Å². The molecule has 1 aliphatic rings. The second-order valence-corrected chi connectivity index (χ2v) is 10.2. The smallest absolute Gasteiger partial charge is 0.249 e. The SMILES string of the molecule is CC(N)(CO)CC(=O)N[C@@H]1CCc2ccccc2N(Cc2ccc(-c3ccccc3-c3nn[nH]n3)cc2)C1=O. The third-order valence-corrected chi connectivity index (χ3v) is 6.93. The summed E-state index contributed by atoms with van der Waals surface area (Å²) in [6, 6.07) is 23.0. The van der Waals surface area contributed by atoms with Gasteiger partial charge in [-0.25, -0.2) is 0 Å². The van der Waals surface area contributed by atoms with Crippen LogP contribution < -0.4 is 16.0 Å². The summed E-state index contributed by atoms with van der Waals surface area (Å²) in [5, 5.41) is 26.7. The second-order valence-electron chi connectivity index (χ2n) is 10.2. The number of fused-ring (bicyclic) bond motifs is 1. The molecule has 10 heteroatoms. The molecule has 1 aromatic heterocycles. The topological polar surface area (TPSA) is 150 Å². The molecular weight excluding hydrogens is 494 g/mol. The molecule has 2 heterocycles. The lowest BCUT2D eigenvalue weighted by atomic mass is 9.98. The Kier molecular flexibility index (Phi) is 7.49. The number of benzene rings is 3. The molecule has 5 rings (SSSR count). The quantitative estimate of drug-likeness (QED) is 0.276. The normalized spacial score (nSPS) is 16.7. The highest BCUT2D eigenvalue weighted by Crippen LogP contribution is 2.32. The number of aliphatic hydroxyl groups is 1. The van der Waals surface area contributed by atoms with Gasteiger partial charge in [0, 0.05) is 23.2 Å². The first-order valence-electron chi connectivity index (χ1n) is 12.9. The van der Waals surface area contributed by atoms with E-state index in [2.05, 4.69) is 25.9 Å². The zero-order valence-electron chi connectivity index (χ0n) is 21.7. The predicted octanol–water partition coefficient (Wildman–Crippen LogP) is 2.60. The monoisotopic (exact) mass is 525 g/mol. The minimum atomic E-state index is -1.05. The van der Waals surface area contributed by atoms with Gasteiger partial charge in [0.05, 0.1) is 13.2 Å². The molecule has 2 amide bonds. The number of para-hydroxylation sites is 1. The van der Waals surface area contributed by atoms with Crippen LogP contribution >= 0.6 is 0 Å². The van der Waals surface area contributed by atoms with Crippen LogP contribution in [0.5, 0.6) is 0 Å². The first-order chi connectivity index (χ1) is 18.8. The number of nitrogens with two attached hydrogens (primary N) is 1. The highest BCUT2D eigenvalue weighted by molar-refractivity contribution is 6.00. The second kappa shape index (κ2) is 11.1. The number of hydrogen-bond acceptors (Lipinski definition) is 7. The van der Waals surface area contributed by atoms with E-state index in [0.29, 0.717) is 25.2 Å². The number of amides is 2. The Hall–Kier alpha value is -4.41. The Labute approximate surface area is 226 Å². The number of nitrogens with zero attached hydrogens (tertiary/aromatic N) is 4. The van der Waals surface area contributed by atoms with Gasteiger partial charge < -0.3 is 21.1 Å². The third kappa shape index (κ3) is 5.87. The molecule has 5 N–H and O–H groups in total. The number of aryl methyl sites for hydroxylation is 1. The minimum Gasteiger partial charge on any atom is -0.394 e. The van der Waals surface area contributed by atoms with Gasteiger partial charge in [-0.15, -0.1) is 10.2 Å². The summed E-state index contributed by atoms with van der Waals surface area (Å²) in [5.41, 5.74) is 10.6. The van der Waals surface area contributed by atoms with Crippen molar-refractivity contribution in [2.24, 2.45) is 5.73 Å². The van der Waals surface area contributed by atoms with Crippen LogP contribution in [-0.2, 0) is 22.6 Å². The van der Waals surface area contributed by atoms with E-state index in [1.165, 1.54) is 0 Å². The van der Waals surface area contributed by atoms with E-state index in [-0.39, 0.29) is 24.8 Å². The lowest BCUT2D eigenvalue weighted by Gasteiger charge is -2.27. The van der Waals surface area contributed by atoms with Crippen LogP contribution in [0.2, 0.25) is 0 Å². The minimum absolute atomic E-state index is 0.0764. The van der Waals surface area contributed by atoms with Crippen molar-refractivity contribution in [3.8, 4) is 22.5 Å². The average molecular weight is 526 g/mol. The summed E-state index contributed by atoms with van der Waals surface area (Å²) in [7, 11) is 0. The number of tetrazole rings is 1. The number of carbonyl (C=O) groups is 2. The zero-order valence-corrected chi connectivity index (χ0v) is 21.7. The van der Waals surface area contributed by atoms with Gasteiger partial charge >= 0.3 is 0 Å². The number of H-pyrrole nitrogens is 1. The van der Waals surface area contributed by atoms with E-state index in [4.69, 9.17) is 5.73 Å². The van der Waals surface area contributed by atoms with E-state index in [0.717, 1.165) is 33.5 Å². The van der Waals surface area contributed by atoms with Gasteiger partial charge in [-0.05, 0) is 53.3 Å². The van der Waals surface area contributed by atoms with Crippen molar-refractivity contribution in [1.29, 1.82) is 0 Å². The largest absolute Gasteiger partial charge is 0.394 e. The van der Waals surface area contributed by atoms with Gasteiger partial charge in [0.1, 0.15) is 6.04 Å². The molecule has 3 aromatic carbocycles. The molecule has 0 saturated carbocycles. The molecule has 2 atom stereocenters. The lowest BCUT2D eigenvalue weighted by Crippen LogP contribution is -2.51. The molecule has 1 unspecified atom stereocenters. The van der Waals surface area contributed by atoms with Crippen molar-refractivity contribution in [1.82, 2.24) is 25.9 Å². The highest BCUT2D eigenvalue weighted by atomic mass is 16.3. The summed E-state index contributed by atoms with van der Waals surface area (Å²) in [4.78, 5) is 28.2.